The molecule has 1 atom stereocenters. The monoisotopic (exact) mass is 144 g/mol. The highest BCUT2D eigenvalue weighted by Gasteiger charge is 2.31. The maximum atomic E-state index is 9.32. The summed E-state index contributed by atoms with van der Waals surface area (Å²) in [6, 6.07) is 0. The standard InChI is InChI=1S/C6H12N2O2/c7-6(9)4-2-1-3-5(6)8-10/h9-10H,1-4,7H2. The van der Waals surface area contributed by atoms with Crippen LogP contribution in [0.25, 0.3) is 0 Å². The van der Waals surface area contributed by atoms with E-state index in [9.17, 15) is 5.11 Å². The molecule has 4 nitrogen and oxygen atoms in total. The van der Waals surface area contributed by atoms with Gasteiger partial charge in [-0.15, -0.1) is 0 Å². The van der Waals surface area contributed by atoms with Gasteiger partial charge >= 0.3 is 0 Å². The molecule has 0 aliphatic heterocycles. The second-order valence-electron chi connectivity index (χ2n) is 2.68. The van der Waals surface area contributed by atoms with E-state index < -0.39 is 5.72 Å². The van der Waals surface area contributed by atoms with Crippen LogP contribution < -0.4 is 5.73 Å². The molecule has 0 aromatic rings. The number of hydrogen-bond donors (Lipinski definition) is 3. The van der Waals surface area contributed by atoms with Crippen molar-refractivity contribution in [1.82, 2.24) is 0 Å². The molecule has 0 bridgehead atoms. The van der Waals surface area contributed by atoms with Crippen LogP contribution in [0.3, 0.4) is 0 Å². The highest BCUT2D eigenvalue weighted by atomic mass is 16.4. The van der Waals surface area contributed by atoms with E-state index in [2.05, 4.69) is 5.16 Å². The van der Waals surface area contributed by atoms with Crippen molar-refractivity contribution in [3.8, 4) is 0 Å². The van der Waals surface area contributed by atoms with Gasteiger partial charge in [0.25, 0.3) is 0 Å². The first-order valence-electron chi connectivity index (χ1n) is 3.39. The Hall–Kier alpha value is -0.610. The van der Waals surface area contributed by atoms with Crippen LogP contribution in [0.2, 0.25) is 0 Å². The van der Waals surface area contributed by atoms with E-state index in [0.29, 0.717) is 18.6 Å². The lowest BCUT2D eigenvalue weighted by molar-refractivity contribution is 0.0913. The van der Waals surface area contributed by atoms with Crippen molar-refractivity contribution in [2.75, 3.05) is 0 Å². The van der Waals surface area contributed by atoms with Crippen LogP contribution >= 0.6 is 0 Å². The summed E-state index contributed by atoms with van der Waals surface area (Å²) in [4.78, 5) is 0. The summed E-state index contributed by atoms with van der Waals surface area (Å²) in [6.07, 6.45) is 2.93. The van der Waals surface area contributed by atoms with E-state index in [4.69, 9.17) is 10.9 Å². The van der Waals surface area contributed by atoms with E-state index >= 15 is 0 Å². The molecule has 58 valence electrons. The van der Waals surface area contributed by atoms with E-state index in [1.54, 1.807) is 0 Å². The maximum absolute atomic E-state index is 9.32. The Morgan fingerprint density at radius 2 is 2.20 bits per heavy atom. The zero-order valence-electron chi connectivity index (χ0n) is 5.75. The average molecular weight is 144 g/mol. The molecule has 1 saturated carbocycles. The number of oxime groups is 1. The highest BCUT2D eigenvalue weighted by Crippen LogP contribution is 2.20. The fraction of sp³-hybridized carbons (Fsp3) is 0.833. The quantitative estimate of drug-likeness (QED) is 0.255. The van der Waals surface area contributed by atoms with Crippen LogP contribution in [-0.4, -0.2) is 21.8 Å². The van der Waals surface area contributed by atoms with E-state index in [1.165, 1.54) is 0 Å². The Kier molecular flexibility index (Phi) is 1.92. The Morgan fingerprint density at radius 3 is 2.60 bits per heavy atom. The van der Waals surface area contributed by atoms with Gasteiger partial charge < -0.3 is 10.3 Å². The lowest BCUT2D eigenvalue weighted by atomic mass is 9.91. The predicted octanol–water partition coefficient (Wildman–Crippen LogP) is 0.0379. The molecule has 4 heteroatoms. The molecule has 0 saturated heterocycles. The number of aliphatic hydroxyl groups is 1. The third-order valence-electron chi connectivity index (χ3n) is 1.84. The van der Waals surface area contributed by atoms with Crippen LogP contribution in [0.4, 0.5) is 0 Å². The van der Waals surface area contributed by atoms with Crippen LogP contribution in [-0.2, 0) is 0 Å². The number of nitrogens with two attached hydrogens (primary N) is 1. The highest BCUT2D eigenvalue weighted by molar-refractivity contribution is 5.91. The average Bonchev–Trinajstić information content (AvgIpc) is 1.87. The summed E-state index contributed by atoms with van der Waals surface area (Å²) >= 11 is 0. The molecule has 1 aliphatic carbocycles. The lowest BCUT2D eigenvalue weighted by Crippen LogP contribution is -2.49. The zero-order valence-corrected chi connectivity index (χ0v) is 5.75. The summed E-state index contributed by atoms with van der Waals surface area (Å²) in [5.41, 5.74) is 4.35. The maximum Gasteiger partial charge on any atom is 0.156 e. The molecule has 0 spiro atoms. The molecular weight excluding hydrogens is 132 g/mol. The Balaban J connectivity index is 2.70. The minimum atomic E-state index is -1.35. The Morgan fingerprint density at radius 1 is 1.50 bits per heavy atom. The first-order chi connectivity index (χ1) is 4.67. The summed E-state index contributed by atoms with van der Waals surface area (Å²) in [5.74, 6) is 0. The van der Waals surface area contributed by atoms with Gasteiger partial charge in [-0.25, -0.2) is 0 Å². The van der Waals surface area contributed by atoms with Gasteiger partial charge in [-0.05, 0) is 25.7 Å². The third kappa shape index (κ3) is 1.27. The van der Waals surface area contributed by atoms with Gasteiger partial charge in [-0.2, -0.15) is 0 Å². The molecule has 1 unspecified atom stereocenters. The second kappa shape index (κ2) is 2.56. The van der Waals surface area contributed by atoms with Gasteiger partial charge in [0, 0.05) is 0 Å². The predicted molar refractivity (Wildman–Crippen MR) is 36.8 cm³/mol. The summed E-state index contributed by atoms with van der Waals surface area (Å²) < 4.78 is 0. The molecule has 1 fully saturated rings. The minimum Gasteiger partial charge on any atom is -0.411 e. The molecule has 0 aromatic carbocycles. The Labute approximate surface area is 59.3 Å². The molecular formula is C6H12N2O2. The second-order valence-corrected chi connectivity index (χ2v) is 2.68. The van der Waals surface area contributed by atoms with Crippen molar-refractivity contribution in [3.05, 3.63) is 0 Å². The zero-order chi connectivity index (χ0) is 7.61. The molecule has 10 heavy (non-hydrogen) atoms. The van der Waals surface area contributed by atoms with Gasteiger partial charge in [-0.1, -0.05) is 5.16 Å². The fourth-order valence-electron chi connectivity index (χ4n) is 1.18. The summed E-state index contributed by atoms with van der Waals surface area (Å²) in [7, 11) is 0. The van der Waals surface area contributed by atoms with Crippen LogP contribution in [0.5, 0.6) is 0 Å². The van der Waals surface area contributed by atoms with Crippen LogP contribution in [0.15, 0.2) is 5.16 Å². The number of rotatable bonds is 0. The molecule has 0 heterocycles. The van der Waals surface area contributed by atoms with Crippen molar-refractivity contribution >= 4 is 5.71 Å². The van der Waals surface area contributed by atoms with E-state index in [-0.39, 0.29) is 0 Å². The SMILES string of the molecule is NC1(O)CCCCC1=NO. The number of hydrogen-bond acceptors (Lipinski definition) is 4. The van der Waals surface area contributed by atoms with Gasteiger partial charge in [0.05, 0.1) is 0 Å². The lowest BCUT2D eigenvalue weighted by Gasteiger charge is -2.27. The molecule has 1 rings (SSSR count). The summed E-state index contributed by atoms with van der Waals surface area (Å²) in [5, 5.41) is 20.6. The van der Waals surface area contributed by atoms with Crippen molar-refractivity contribution in [2.24, 2.45) is 10.9 Å². The molecule has 0 aromatic heterocycles. The minimum absolute atomic E-state index is 0.304. The molecule has 4 N–H and O–H groups in total. The van der Waals surface area contributed by atoms with Gasteiger partial charge in [-0.3, -0.25) is 5.73 Å². The topological polar surface area (TPSA) is 78.8 Å². The van der Waals surface area contributed by atoms with E-state index in [0.717, 1.165) is 12.8 Å². The first-order valence-corrected chi connectivity index (χ1v) is 3.39. The van der Waals surface area contributed by atoms with Gasteiger partial charge in [0.15, 0.2) is 5.72 Å². The van der Waals surface area contributed by atoms with Gasteiger partial charge in [0.1, 0.15) is 5.71 Å². The van der Waals surface area contributed by atoms with Crippen LogP contribution in [0.1, 0.15) is 25.7 Å². The van der Waals surface area contributed by atoms with Gasteiger partial charge in [0.2, 0.25) is 0 Å². The largest absolute Gasteiger partial charge is 0.411 e. The molecule has 1 aliphatic rings. The van der Waals surface area contributed by atoms with E-state index in [1.807, 2.05) is 0 Å². The normalized spacial score (nSPS) is 38.4. The third-order valence-corrected chi connectivity index (χ3v) is 1.84. The first kappa shape index (κ1) is 7.50. The van der Waals surface area contributed by atoms with Crippen LogP contribution in [0, 0.1) is 0 Å². The smallest absolute Gasteiger partial charge is 0.156 e. The summed E-state index contributed by atoms with van der Waals surface area (Å²) in [6.45, 7) is 0. The fourth-order valence-corrected chi connectivity index (χ4v) is 1.18. The van der Waals surface area contributed by atoms with Crippen molar-refractivity contribution in [2.45, 2.75) is 31.4 Å². The molecule has 0 amide bonds. The van der Waals surface area contributed by atoms with Crippen molar-refractivity contribution in [3.63, 3.8) is 0 Å². The van der Waals surface area contributed by atoms with Crippen molar-refractivity contribution in [1.29, 1.82) is 0 Å². The van der Waals surface area contributed by atoms with Crippen molar-refractivity contribution < 1.29 is 10.3 Å². The Bertz CT molecular complexity index is 154. The number of nitrogens with zero attached hydrogens (tertiary/aromatic N) is 1. The molecule has 0 radical (unpaired) electrons.